The van der Waals surface area contributed by atoms with E-state index >= 15 is 0 Å². The molecule has 5 rings (SSSR count). The number of piperidine rings is 1. The fourth-order valence-electron chi connectivity index (χ4n) is 4.15. The van der Waals surface area contributed by atoms with Crippen LogP contribution in [0.5, 0.6) is 5.75 Å². The average molecular weight is 340 g/mol. The van der Waals surface area contributed by atoms with Gasteiger partial charge in [0.1, 0.15) is 5.75 Å². The van der Waals surface area contributed by atoms with Gasteiger partial charge in [0.15, 0.2) is 0 Å². The van der Waals surface area contributed by atoms with E-state index in [9.17, 15) is 4.79 Å². The summed E-state index contributed by atoms with van der Waals surface area (Å²) in [5.74, 6) is 2.30. The first-order chi connectivity index (χ1) is 12.2. The Hall–Kier alpha value is -1.81. The summed E-state index contributed by atoms with van der Waals surface area (Å²) in [6.45, 7) is 3.88. The predicted molar refractivity (Wildman–Crippen MR) is 99.4 cm³/mol. The van der Waals surface area contributed by atoms with Crippen molar-refractivity contribution in [3.05, 3.63) is 35.9 Å². The van der Waals surface area contributed by atoms with E-state index in [1.165, 1.54) is 24.8 Å². The third kappa shape index (κ3) is 3.90. The van der Waals surface area contributed by atoms with Crippen molar-refractivity contribution >= 4 is 12.0 Å². The summed E-state index contributed by atoms with van der Waals surface area (Å²) < 4.78 is 5.20. The summed E-state index contributed by atoms with van der Waals surface area (Å²) in [4.78, 5) is 17.4. The van der Waals surface area contributed by atoms with Gasteiger partial charge in [-0.25, -0.2) is 0 Å². The van der Waals surface area contributed by atoms with E-state index in [0.717, 1.165) is 44.3 Å². The molecule has 134 valence electrons. The molecule has 0 radical (unpaired) electrons. The molecule has 1 amide bonds. The van der Waals surface area contributed by atoms with E-state index in [1.54, 1.807) is 7.11 Å². The number of fused-ring (bicyclic) bond motifs is 4. The molecule has 1 aromatic rings. The molecule has 1 saturated carbocycles. The Bertz CT molecular complexity index is 636. The van der Waals surface area contributed by atoms with Gasteiger partial charge in [-0.1, -0.05) is 24.3 Å². The number of carbonyl (C=O) groups is 1. The molecule has 1 aromatic carbocycles. The van der Waals surface area contributed by atoms with Crippen LogP contribution in [-0.2, 0) is 4.79 Å². The van der Waals surface area contributed by atoms with Crippen molar-refractivity contribution in [2.45, 2.75) is 31.7 Å². The van der Waals surface area contributed by atoms with Gasteiger partial charge in [0.2, 0.25) is 5.91 Å². The molecule has 3 heterocycles. The molecule has 1 aliphatic carbocycles. The van der Waals surface area contributed by atoms with Crippen LogP contribution >= 0.6 is 0 Å². The number of methoxy groups -OCH3 is 1. The molecule has 2 bridgehead atoms. The van der Waals surface area contributed by atoms with Gasteiger partial charge in [-0.15, -0.1) is 0 Å². The lowest BCUT2D eigenvalue weighted by molar-refractivity contribution is -0.140. The lowest BCUT2D eigenvalue weighted by atomic mass is 9.94. The minimum Gasteiger partial charge on any atom is -0.497 e. The molecule has 4 heteroatoms. The molecule has 0 N–H and O–H groups in total. The fraction of sp³-hybridized carbons (Fsp3) is 0.571. The number of hydrogen-bond acceptors (Lipinski definition) is 3. The van der Waals surface area contributed by atoms with Crippen LogP contribution in [0.3, 0.4) is 0 Å². The Morgan fingerprint density at radius 2 is 1.92 bits per heavy atom. The SMILES string of the molecule is COc1ccc(/C=C/CN2C[C@@H]3CC[C@H](C2)N(CC2CC2)C3=O)cc1. The molecule has 3 aliphatic heterocycles. The van der Waals surface area contributed by atoms with E-state index in [1.807, 2.05) is 12.1 Å². The van der Waals surface area contributed by atoms with Crippen LogP contribution in [0.15, 0.2) is 30.3 Å². The van der Waals surface area contributed by atoms with Crippen molar-refractivity contribution in [2.75, 3.05) is 33.3 Å². The van der Waals surface area contributed by atoms with Crippen molar-refractivity contribution in [3.8, 4) is 5.75 Å². The molecule has 3 saturated heterocycles. The zero-order chi connectivity index (χ0) is 17.2. The van der Waals surface area contributed by atoms with Gasteiger partial charge < -0.3 is 9.64 Å². The van der Waals surface area contributed by atoms with Gasteiger partial charge in [0, 0.05) is 32.2 Å². The van der Waals surface area contributed by atoms with Crippen LogP contribution in [0.25, 0.3) is 6.08 Å². The first-order valence-corrected chi connectivity index (χ1v) is 9.56. The maximum Gasteiger partial charge on any atom is 0.227 e. The van der Waals surface area contributed by atoms with Crippen LogP contribution < -0.4 is 4.74 Å². The maximum atomic E-state index is 12.7. The monoisotopic (exact) mass is 340 g/mol. The number of amides is 1. The number of rotatable bonds is 6. The minimum atomic E-state index is 0.215. The molecule has 0 spiro atoms. The topological polar surface area (TPSA) is 32.8 Å². The number of benzene rings is 1. The predicted octanol–water partition coefficient (Wildman–Crippen LogP) is 3.04. The summed E-state index contributed by atoms with van der Waals surface area (Å²) in [7, 11) is 1.69. The van der Waals surface area contributed by atoms with Crippen LogP contribution in [0.1, 0.15) is 31.2 Å². The molecular formula is C21H28N2O2. The summed E-state index contributed by atoms with van der Waals surface area (Å²) in [5.41, 5.74) is 1.19. The van der Waals surface area contributed by atoms with E-state index in [4.69, 9.17) is 4.74 Å². The minimum absolute atomic E-state index is 0.215. The summed E-state index contributed by atoms with van der Waals surface area (Å²) in [5, 5.41) is 0. The number of hydrogen-bond donors (Lipinski definition) is 0. The largest absolute Gasteiger partial charge is 0.497 e. The number of nitrogens with zero attached hydrogens (tertiary/aromatic N) is 2. The Balaban J connectivity index is 1.36. The Morgan fingerprint density at radius 1 is 1.12 bits per heavy atom. The highest BCUT2D eigenvalue weighted by atomic mass is 16.5. The smallest absolute Gasteiger partial charge is 0.227 e. The normalized spacial score (nSPS) is 27.1. The third-order valence-electron chi connectivity index (χ3n) is 5.81. The Labute approximate surface area is 150 Å². The van der Waals surface area contributed by atoms with Crippen molar-refractivity contribution in [2.24, 2.45) is 11.8 Å². The van der Waals surface area contributed by atoms with Crippen molar-refractivity contribution in [3.63, 3.8) is 0 Å². The molecule has 25 heavy (non-hydrogen) atoms. The molecule has 2 atom stereocenters. The summed E-state index contributed by atoms with van der Waals surface area (Å²) in [6, 6.07) is 8.55. The van der Waals surface area contributed by atoms with Gasteiger partial charge in [0.05, 0.1) is 13.0 Å². The second-order valence-electron chi connectivity index (χ2n) is 7.76. The number of ether oxygens (including phenoxy) is 1. The standard InChI is InChI=1S/C21H28N2O2/c1-25-20-10-6-16(7-11-20)3-2-12-22-14-18-8-9-19(15-22)23(21(18)24)13-17-4-5-17/h2-3,6-7,10-11,17-19H,4-5,8-9,12-15H2,1H3/b3-2+/t18-,19+/m0/s1. The Morgan fingerprint density at radius 3 is 2.64 bits per heavy atom. The average Bonchev–Trinajstić information content (AvgIpc) is 3.46. The molecule has 4 nitrogen and oxygen atoms in total. The van der Waals surface area contributed by atoms with E-state index in [2.05, 4.69) is 34.1 Å². The highest BCUT2D eigenvalue weighted by molar-refractivity contribution is 5.80. The molecule has 0 unspecified atom stereocenters. The van der Waals surface area contributed by atoms with Crippen molar-refractivity contribution in [1.29, 1.82) is 0 Å². The van der Waals surface area contributed by atoms with Gasteiger partial charge in [-0.3, -0.25) is 9.69 Å². The maximum absolute atomic E-state index is 12.7. The zero-order valence-electron chi connectivity index (χ0n) is 15.1. The van der Waals surface area contributed by atoms with Gasteiger partial charge in [-0.2, -0.15) is 0 Å². The number of carbonyl (C=O) groups excluding carboxylic acids is 1. The second kappa shape index (κ2) is 7.20. The quantitative estimate of drug-likeness (QED) is 0.798. The van der Waals surface area contributed by atoms with Crippen LogP contribution in [0.2, 0.25) is 0 Å². The Kier molecular flexibility index (Phi) is 4.80. The van der Waals surface area contributed by atoms with Gasteiger partial charge >= 0.3 is 0 Å². The van der Waals surface area contributed by atoms with Gasteiger partial charge in [-0.05, 0) is 49.3 Å². The van der Waals surface area contributed by atoms with E-state index < -0.39 is 0 Å². The third-order valence-corrected chi connectivity index (χ3v) is 5.81. The van der Waals surface area contributed by atoms with Crippen LogP contribution in [0, 0.1) is 11.8 Å². The second-order valence-corrected chi connectivity index (χ2v) is 7.76. The van der Waals surface area contributed by atoms with E-state index in [0.29, 0.717) is 11.9 Å². The summed E-state index contributed by atoms with van der Waals surface area (Å²) >= 11 is 0. The lowest BCUT2D eigenvalue weighted by Gasteiger charge is -2.36. The van der Waals surface area contributed by atoms with Crippen molar-refractivity contribution in [1.82, 2.24) is 9.80 Å². The fourth-order valence-corrected chi connectivity index (χ4v) is 4.15. The molecule has 4 fully saturated rings. The summed E-state index contributed by atoms with van der Waals surface area (Å²) in [6.07, 6.45) is 9.27. The van der Waals surface area contributed by atoms with Crippen LogP contribution in [-0.4, -0.2) is 55.0 Å². The molecular weight excluding hydrogens is 312 g/mol. The zero-order valence-corrected chi connectivity index (χ0v) is 15.1. The van der Waals surface area contributed by atoms with Crippen LogP contribution in [0.4, 0.5) is 0 Å². The first-order valence-electron chi connectivity index (χ1n) is 9.56. The van der Waals surface area contributed by atoms with Gasteiger partial charge in [0.25, 0.3) is 0 Å². The highest BCUT2D eigenvalue weighted by Gasteiger charge is 2.42. The molecule has 0 aromatic heterocycles. The van der Waals surface area contributed by atoms with E-state index in [-0.39, 0.29) is 5.92 Å². The van der Waals surface area contributed by atoms with Crippen molar-refractivity contribution < 1.29 is 9.53 Å². The first kappa shape index (κ1) is 16.6. The molecule has 4 aliphatic rings. The lowest BCUT2D eigenvalue weighted by Crippen LogP contribution is -2.48. The highest BCUT2D eigenvalue weighted by Crippen LogP contribution is 2.35.